The Morgan fingerprint density at radius 1 is 1.82 bits per heavy atom. The van der Waals surface area contributed by atoms with Gasteiger partial charge in [-0.15, -0.1) is 0 Å². The van der Waals surface area contributed by atoms with Crippen molar-refractivity contribution in [1.29, 1.82) is 0 Å². The zero-order chi connectivity index (χ0) is 8.43. The average Bonchev–Trinajstić information content (AvgIpc) is 2.33. The van der Waals surface area contributed by atoms with Crippen LogP contribution in [0.4, 0.5) is 0 Å². The van der Waals surface area contributed by atoms with Gasteiger partial charge in [0.1, 0.15) is 18.2 Å². The highest BCUT2D eigenvalue weighted by Gasteiger charge is 2.15. The average molecular weight is 155 g/mol. The SMILES string of the molecule is Cc1ncnn1C(C)C(=O)O. The molecule has 60 valence electrons. The van der Waals surface area contributed by atoms with Crippen LogP contribution in [0, 0.1) is 6.92 Å². The molecule has 0 fully saturated rings. The van der Waals surface area contributed by atoms with Gasteiger partial charge >= 0.3 is 5.97 Å². The van der Waals surface area contributed by atoms with E-state index in [1.54, 1.807) is 13.8 Å². The number of aryl methyl sites for hydroxylation is 1. The van der Waals surface area contributed by atoms with Crippen molar-refractivity contribution in [3.8, 4) is 0 Å². The van der Waals surface area contributed by atoms with Crippen LogP contribution < -0.4 is 0 Å². The molecule has 5 heteroatoms. The first-order chi connectivity index (χ1) is 5.13. The highest BCUT2D eigenvalue weighted by molar-refractivity contribution is 5.71. The first-order valence-electron chi connectivity index (χ1n) is 3.22. The van der Waals surface area contributed by atoms with Gasteiger partial charge in [-0.2, -0.15) is 5.10 Å². The minimum atomic E-state index is -0.904. The van der Waals surface area contributed by atoms with E-state index in [4.69, 9.17) is 5.11 Å². The largest absolute Gasteiger partial charge is 0.480 e. The van der Waals surface area contributed by atoms with E-state index in [-0.39, 0.29) is 0 Å². The number of aromatic nitrogens is 3. The van der Waals surface area contributed by atoms with E-state index in [0.29, 0.717) is 5.82 Å². The number of rotatable bonds is 2. The van der Waals surface area contributed by atoms with Crippen molar-refractivity contribution in [3.63, 3.8) is 0 Å². The second-order valence-electron chi connectivity index (χ2n) is 2.27. The molecule has 1 unspecified atom stereocenters. The van der Waals surface area contributed by atoms with Gasteiger partial charge in [-0.05, 0) is 13.8 Å². The summed E-state index contributed by atoms with van der Waals surface area (Å²) in [5, 5.41) is 12.4. The molecule has 1 atom stereocenters. The Morgan fingerprint density at radius 3 is 2.82 bits per heavy atom. The van der Waals surface area contributed by atoms with Crippen molar-refractivity contribution in [3.05, 3.63) is 12.2 Å². The normalized spacial score (nSPS) is 12.9. The minimum absolute atomic E-state index is 0.611. The fourth-order valence-corrected chi connectivity index (χ4v) is 0.793. The monoisotopic (exact) mass is 155 g/mol. The van der Waals surface area contributed by atoms with Crippen molar-refractivity contribution in [2.24, 2.45) is 0 Å². The third-order valence-electron chi connectivity index (χ3n) is 1.48. The standard InChI is InChI=1S/C6H9N3O2/c1-4(6(10)11)9-5(2)7-3-8-9/h3-4H,1-2H3,(H,10,11). The van der Waals surface area contributed by atoms with E-state index in [1.807, 2.05) is 0 Å². The Morgan fingerprint density at radius 2 is 2.45 bits per heavy atom. The van der Waals surface area contributed by atoms with Gasteiger partial charge in [-0.3, -0.25) is 0 Å². The molecule has 0 bridgehead atoms. The molecule has 0 spiro atoms. The van der Waals surface area contributed by atoms with Crippen molar-refractivity contribution in [2.45, 2.75) is 19.9 Å². The molecule has 1 aromatic heterocycles. The molecule has 0 amide bonds. The van der Waals surface area contributed by atoms with Crippen LogP contribution in [0.25, 0.3) is 0 Å². The lowest BCUT2D eigenvalue weighted by Crippen LogP contribution is -2.17. The van der Waals surface area contributed by atoms with Crippen LogP contribution in [-0.4, -0.2) is 25.8 Å². The van der Waals surface area contributed by atoms with Gasteiger partial charge in [0, 0.05) is 0 Å². The molecule has 1 rings (SSSR count). The van der Waals surface area contributed by atoms with Crippen LogP contribution in [0.1, 0.15) is 18.8 Å². The fraction of sp³-hybridized carbons (Fsp3) is 0.500. The first kappa shape index (κ1) is 7.71. The van der Waals surface area contributed by atoms with Crippen LogP contribution in [0.15, 0.2) is 6.33 Å². The van der Waals surface area contributed by atoms with Gasteiger partial charge < -0.3 is 5.11 Å². The Labute approximate surface area is 63.7 Å². The van der Waals surface area contributed by atoms with Gasteiger partial charge in [0.15, 0.2) is 0 Å². The molecular weight excluding hydrogens is 146 g/mol. The molecule has 0 aromatic carbocycles. The minimum Gasteiger partial charge on any atom is -0.480 e. The first-order valence-corrected chi connectivity index (χ1v) is 3.22. The van der Waals surface area contributed by atoms with Gasteiger partial charge in [0.2, 0.25) is 0 Å². The second-order valence-corrected chi connectivity index (χ2v) is 2.27. The predicted octanol–water partition coefficient (Wildman–Crippen LogP) is 0.232. The lowest BCUT2D eigenvalue weighted by Gasteiger charge is -2.06. The Balaban J connectivity index is 2.92. The van der Waals surface area contributed by atoms with Crippen LogP contribution in [0.3, 0.4) is 0 Å². The summed E-state index contributed by atoms with van der Waals surface area (Å²) in [7, 11) is 0. The number of nitrogens with zero attached hydrogens (tertiary/aromatic N) is 3. The molecule has 0 aliphatic rings. The lowest BCUT2D eigenvalue weighted by molar-refractivity contribution is -0.140. The summed E-state index contributed by atoms with van der Waals surface area (Å²) in [5.41, 5.74) is 0. The van der Waals surface area contributed by atoms with Crippen LogP contribution in [0.2, 0.25) is 0 Å². The Kier molecular flexibility index (Phi) is 1.89. The lowest BCUT2D eigenvalue weighted by atomic mass is 10.3. The van der Waals surface area contributed by atoms with Crippen LogP contribution in [0.5, 0.6) is 0 Å². The number of hydrogen-bond acceptors (Lipinski definition) is 3. The topological polar surface area (TPSA) is 68.0 Å². The number of aliphatic carboxylic acids is 1. The van der Waals surface area contributed by atoms with E-state index in [2.05, 4.69) is 10.1 Å². The second kappa shape index (κ2) is 2.69. The van der Waals surface area contributed by atoms with Crippen LogP contribution in [-0.2, 0) is 4.79 Å². The van der Waals surface area contributed by atoms with Gasteiger partial charge in [-0.1, -0.05) is 0 Å². The van der Waals surface area contributed by atoms with E-state index >= 15 is 0 Å². The molecule has 1 N–H and O–H groups in total. The van der Waals surface area contributed by atoms with Gasteiger partial charge in [0.25, 0.3) is 0 Å². The fourth-order valence-electron chi connectivity index (χ4n) is 0.793. The number of carboxylic acids is 1. The highest BCUT2D eigenvalue weighted by atomic mass is 16.4. The zero-order valence-corrected chi connectivity index (χ0v) is 6.35. The van der Waals surface area contributed by atoms with Gasteiger partial charge in [0.05, 0.1) is 0 Å². The van der Waals surface area contributed by atoms with E-state index in [0.717, 1.165) is 0 Å². The third kappa shape index (κ3) is 1.36. The van der Waals surface area contributed by atoms with Crippen molar-refractivity contribution >= 4 is 5.97 Å². The van der Waals surface area contributed by atoms with Gasteiger partial charge in [-0.25, -0.2) is 14.5 Å². The highest BCUT2D eigenvalue weighted by Crippen LogP contribution is 2.04. The summed E-state index contributed by atoms with van der Waals surface area (Å²) >= 11 is 0. The molecule has 5 nitrogen and oxygen atoms in total. The number of carbonyl (C=O) groups is 1. The summed E-state index contributed by atoms with van der Waals surface area (Å²) in [4.78, 5) is 14.3. The maximum absolute atomic E-state index is 10.5. The summed E-state index contributed by atoms with van der Waals surface area (Å²) in [5.74, 6) is -0.293. The third-order valence-corrected chi connectivity index (χ3v) is 1.48. The number of carboxylic acid groups (broad SMARTS) is 1. The molecular formula is C6H9N3O2. The van der Waals surface area contributed by atoms with E-state index in [9.17, 15) is 4.79 Å². The molecule has 0 radical (unpaired) electrons. The molecule has 0 saturated heterocycles. The molecule has 0 saturated carbocycles. The molecule has 1 heterocycles. The summed E-state index contributed by atoms with van der Waals surface area (Å²) < 4.78 is 1.36. The molecule has 0 aliphatic heterocycles. The van der Waals surface area contributed by atoms with Crippen molar-refractivity contribution in [2.75, 3.05) is 0 Å². The maximum atomic E-state index is 10.5. The summed E-state index contributed by atoms with van der Waals surface area (Å²) in [6, 6.07) is -0.641. The van der Waals surface area contributed by atoms with Crippen molar-refractivity contribution in [1.82, 2.24) is 14.8 Å². The Hall–Kier alpha value is -1.39. The quantitative estimate of drug-likeness (QED) is 0.663. The summed E-state index contributed by atoms with van der Waals surface area (Å²) in [6.07, 6.45) is 1.34. The predicted molar refractivity (Wildman–Crippen MR) is 37.1 cm³/mol. The van der Waals surface area contributed by atoms with E-state index in [1.165, 1.54) is 11.0 Å². The smallest absolute Gasteiger partial charge is 0.328 e. The molecule has 0 aliphatic carbocycles. The Bertz CT molecular complexity index is 269. The summed E-state index contributed by atoms with van der Waals surface area (Å²) in [6.45, 7) is 3.27. The molecule has 1 aromatic rings. The van der Waals surface area contributed by atoms with Crippen LogP contribution >= 0.6 is 0 Å². The van der Waals surface area contributed by atoms with E-state index < -0.39 is 12.0 Å². The van der Waals surface area contributed by atoms with Crippen molar-refractivity contribution < 1.29 is 9.90 Å². The number of hydrogen-bond donors (Lipinski definition) is 1. The molecule has 11 heavy (non-hydrogen) atoms. The zero-order valence-electron chi connectivity index (χ0n) is 6.35. The maximum Gasteiger partial charge on any atom is 0.328 e.